The molecule has 1 amide bonds. The standard InChI is InChI=1S/C20H22Cl2N2O3S/c1-14(15-4-6-17(21)7-5-15)23-20(25)16-3-2-12-24(13-16)28(26,27)19-10-8-18(22)9-11-19/h4-11,14,16H,2-3,12-13H2,1H3,(H,23,25)/t14-,16-/m0/s1. The van der Waals surface area contributed by atoms with E-state index in [-0.39, 0.29) is 29.3 Å². The summed E-state index contributed by atoms with van der Waals surface area (Å²) in [6.07, 6.45) is 1.30. The van der Waals surface area contributed by atoms with Crippen molar-refractivity contribution in [1.82, 2.24) is 9.62 Å². The van der Waals surface area contributed by atoms with Gasteiger partial charge in [-0.15, -0.1) is 0 Å². The molecule has 0 radical (unpaired) electrons. The van der Waals surface area contributed by atoms with E-state index in [0.29, 0.717) is 29.4 Å². The van der Waals surface area contributed by atoms with Gasteiger partial charge in [-0.25, -0.2) is 8.42 Å². The van der Waals surface area contributed by atoms with Crippen molar-refractivity contribution in [2.45, 2.75) is 30.7 Å². The molecule has 0 spiro atoms. The van der Waals surface area contributed by atoms with Gasteiger partial charge in [0.15, 0.2) is 0 Å². The molecular formula is C20H22Cl2N2O3S. The van der Waals surface area contributed by atoms with E-state index in [2.05, 4.69) is 5.32 Å². The van der Waals surface area contributed by atoms with Crippen molar-refractivity contribution in [3.8, 4) is 0 Å². The van der Waals surface area contributed by atoms with Gasteiger partial charge < -0.3 is 5.32 Å². The number of carbonyl (C=O) groups is 1. The summed E-state index contributed by atoms with van der Waals surface area (Å²) in [4.78, 5) is 12.9. The van der Waals surface area contributed by atoms with Crippen molar-refractivity contribution in [3.05, 3.63) is 64.1 Å². The molecule has 3 rings (SSSR count). The van der Waals surface area contributed by atoms with Crippen LogP contribution in [0.5, 0.6) is 0 Å². The molecule has 1 heterocycles. The molecule has 150 valence electrons. The van der Waals surface area contributed by atoms with E-state index in [1.165, 1.54) is 16.4 Å². The lowest BCUT2D eigenvalue weighted by Crippen LogP contribution is -2.45. The molecule has 8 heteroatoms. The predicted octanol–water partition coefficient (Wildman–Crippen LogP) is 4.27. The zero-order valence-electron chi connectivity index (χ0n) is 15.4. The van der Waals surface area contributed by atoms with Crippen LogP contribution in [-0.2, 0) is 14.8 Å². The number of rotatable bonds is 5. The first kappa shape index (κ1) is 21.1. The minimum atomic E-state index is -3.65. The Labute approximate surface area is 175 Å². The molecule has 5 nitrogen and oxygen atoms in total. The van der Waals surface area contributed by atoms with Gasteiger partial charge in [0.1, 0.15) is 0 Å². The number of sulfonamides is 1. The van der Waals surface area contributed by atoms with Crippen LogP contribution in [0.1, 0.15) is 31.4 Å². The second-order valence-corrected chi connectivity index (χ2v) is 9.75. The second kappa shape index (κ2) is 8.82. The SMILES string of the molecule is C[C@H](NC(=O)[C@H]1CCCN(S(=O)(=O)c2ccc(Cl)cc2)C1)c1ccc(Cl)cc1. The molecule has 1 saturated heterocycles. The Morgan fingerprint density at radius 1 is 1.07 bits per heavy atom. The maximum absolute atomic E-state index is 12.9. The molecule has 2 aromatic rings. The lowest BCUT2D eigenvalue weighted by molar-refractivity contribution is -0.126. The largest absolute Gasteiger partial charge is 0.349 e. The van der Waals surface area contributed by atoms with Crippen molar-refractivity contribution >= 4 is 39.1 Å². The Hall–Kier alpha value is -1.60. The fourth-order valence-corrected chi connectivity index (χ4v) is 5.07. The predicted molar refractivity (Wildman–Crippen MR) is 111 cm³/mol. The van der Waals surface area contributed by atoms with Crippen LogP contribution in [0.4, 0.5) is 0 Å². The first-order chi connectivity index (χ1) is 13.3. The van der Waals surface area contributed by atoms with Gasteiger partial charge >= 0.3 is 0 Å². The quantitative estimate of drug-likeness (QED) is 0.754. The highest BCUT2D eigenvalue weighted by molar-refractivity contribution is 7.89. The van der Waals surface area contributed by atoms with Crippen LogP contribution in [0.15, 0.2) is 53.4 Å². The Morgan fingerprint density at radius 2 is 1.64 bits per heavy atom. The number of nitrogens with one attached hydrogen (secondary N) is 1. The van der Waals surface area contributed by atoms with Crippen LogP contribution in [0.25, 0.3) is 0 Å². The lowest BCUT2D eigenvalue weighted by atomic mass is 9.98. The second-order valence-electron chi connectivity index (χ2n) is 6.94. The number of amides is 1. The van der Waals surface area contributed by atoms with E-state index < -0.39 is 10.0 Å². The van der Waals surface area contributed by atoms with E-state index in [9.17, 15) is 13.2 Å². The van der Waals surface area contributed by atoms with Gasteiger partial charge in [0.2, 0.25) is 15.9 Å². The molecular weight excluding hydrogens is 419 g/mol. The average Bonchev–Trinajstić information content (AvgIpc) is 2.69. The number of piperidine rings is 1. The van der Waals surface area contributed by atoms with Gasteiger partial charge in [-0.2, -0.15) is 4.31 Å². The summed E-state index contributed by atoms with van der Waals surface area (Å²) in [5, 5.41) is 4.10. The summed E-state index contributed by atoms with van der Waals surface area (Å²) in [5.74, 6) is -0.524. The summed E-state index contributed by atoms with van der Waals surface area (Å²) in [6, 6.07) is 13.2. The minimum Gasteiger partial charge on any atom is -0.349 e. The third-order valence-corrected chi connectivity index (χ3v) is 7.32. The minimum absolute atomic E-state index is 0.140. The van der Waals surface area contributed by atoms with Gasteiger partial charge in [-0.1, -0.05) is 35.3 Å². The van der Waals surface area contributed by atoms with Gasteiger partial charge in [0.25, 0.3) is 0 Å². The van der Waals surface area contributed by atoms with E-state index in [0.717, 1.165) is 5.56 Å². The Kier molecular flexibility index (Phi) is 6.65. The van der Waals surface area contributed by atoms with E-state index in [1.807, 2.05) is 19.1 Å². The normalized spacial score (nSPS) is 19.2. The highest BCUT2D eigenvalue weighted by Gasteiger charge is 2.33. The zero-order chi connectivity index (χ0) is 20.3. The molecule has 2 atom stereocenters. The Bertz CT molecular complexity index is 931. The molecule has 0 bridgehead atoms. The molecule has 0 aromatic heterocycles. The number of halogens is 2. The molecule has 0 saturated carbocycles. The van der Waals surface area contributed by atoms with Crippen LogP contribution in [0.2, 0.25) is 10.0 Å². The third kappa shape index (κ3) is 4.87. The fraction of sp³-hybridized carbons (Fsp3) is 0.350. The summed E-state index contributed by atoms with van der Waals surface area (Å²) >= 11 is 11.8. The van der Waals surface area contributed by atoms with Crippen LogP contribution >= 0.6 is 23.2 Å². The number of nitrogens with zero attached hydrogens (tertiary/aromatic N) is 1. The molecule has 0 aliphatic carbocycles. The molecule has 1 aliphatic rings. The van der Waals surface area contributed by atoms with Crippen molar-refractivity contribution in [2.24, 2.45) is 5.92 Å². The van der Waals surface area contributed by atoms with Crippen molar-refractivity contribution in [3.63, 3.8) is 0 Å². The van der Waals surface area contributed by atoms with Gasteiger partial charge in [0, 0.05) is 23.1 Å². The number of benzene rings is 2. The van der Waals surface area contributed by atoms with Crippen molar-refractivity contribution < 1.29 is 13.2 Å². The van der Waals surface area contributed by atoms with Crippen LogP contribution < -0.4 is 5.32 Å². The van der Waals surface area contributed by atoms with Crippen molar-refractivity contribution in [1.29, 1.82) is 0 Å². The highest BCUT2D eigenvalue weighted by Crippen LogP contribution is 2.25. The lowest BCUT2D eigenvalue weighted by Gasteiger charge is -2.32. The molecule has 28 heavy (non-hydrogen) atoms. The molecule has 2 aromatic carbocycles. The van der Waals surface area contributed by atoms with E-state index >= 15 is 0 Å². The maximum atomic E-state index is 12.9. The first-order valence-corrected chi connectivity index (χ1v) is 11.3. The van der Waals surface area contributed by atoms with Crippen LogP contribution in [-0.4, -0.2) is 31.7 Å². The Morgan fingerprint density at radius 3 is 2.25 bits per heavy atom. The number of hydrogen-bond donors (Lipinski definition) is 1. The summed E-state index contributed by atoms with van der Waals surface area (Å²) < 4.78 is 27.1. The number of carbonyl (C=O) groups excluding carboxylic acids is 1. The summed E-state index contributed by atoms with van der Waals surface area (Å²) in [5.41, 5.74) is 0.944. The van der Waals surface area contributed by atoms with E-state index in [4.69, 9.17) is 23.2 Å². The molecule has 0 unspecified atom stereocenters. The third-order valence-electron chi connectivity index (χ3n) is 4.94. The molecule has 1 aliphatic heterocycles. The average molecular weight is 441 g/mol. The Balaban J connectivity index is 1.67. The monoisotopic (exact) mass is 440 g/mol. The van der Waals surface area contributed by atoms with Gasteiger partial charge in [-0.05, 0) is 61.7 Å². The van der Waals surface area contributed by atoms with Crippen LogP contribution in [0, 0.1) is 5.92 Å². The highest BCUT2D eigenvalue weighted by atomic mass is 35.5. The van der Waals surface area contributed by atoms with Crippen LogP contribution in [0.3, 0.4) is 0 Å². The summed E-state index contributed by atoms with van der Waals surface area (Å²) in [7, 11) is -3.65. The first-order valence-electron chi connectivity index (χ1n) is 9.09. The maximum Gasteiger partial charge on any atom is 0.243 e. The molecule has 1 N–H and O–H groups in total. The van der Waals surface area contributed by atoms with E-state index in [1.54, 1.807) is 24.3 Å². The zero-order valence-corrected chi connectivity index (χ0v) is 17.8. The number of hydrogen-bond acceptors (Lipinski definition) is 3. The van der Waals surface area contributed by atoms with Gasteiger partial charge in [-0.3, -0.25) is 4.79 Å². The molecule has 1 fully saturated rings. The summed E-state index contributed by atoms with van der Waals surface area (Å²) in [6.45, 7) is 2.47. The fourth-order valence-electron chi connectivity index (χ4n) is 3.30. The van der Waals surface area contributed by atoms with Crippen molar-refractivity contribution in [2.75, 3.05) is 13.1 Å². The smallest absolute Gasteiger partial charge is 0.243 e. The topological polar surface area (TPSA) is 66.5 Å². The van der Waals surface area contributed by atoms with Gasteiger partial charge in [0.05, 0.1) is 16.9 Å².